The number of rotatable bonds is 10. The monoisotopic (exact) mass is 547 g/mol. The number of hydrogen-bond acceptors (Lipinski definition) is 8. The third-order valence-electron chi connectivity index (χ3n) is 7.30. The Balaban J connectivity index is 1.38. The molecule has 0 aliphatic carbocycles. The summed E-state index contributed by atoms with van der Waals surface area (Å²) in [6.07, 6.45) is 0.744. The summed E-state index contributed by atoms with van der Waals surface area (Å²) in [7, 11) is 4.79. The lowest BCUT2D eigenvalue weighted by atomic mass is 10.1. The smallest absolute Gasteiger partial charge is 0.254 e. The Kier molecular flexibility index (Phi) is 9.42. The highest BCUT2D eigenvalue weighted by molar-refractivity contribution is 5.97. The molecule has 3 aromatic rings. The lowest BCUT2D eigenvalue weighted by Crippen LogP contribution is -2.53. The molecule has 1 aliphatic rings. The van der Waals surface area contributed by atoms with E-state index in [-0.39, 0.29) is 24.4 Å². The van der Waals surface area contributed by atoms with E-state index >= 15 is 0 Å². The van der Waals surface area contributed by atoms with Gasteiger partial charge in [0.15, 0.2) is 5.82 Å². The maximum Gasteiger partial charge on any atom is 0.254 e. The summed E-state index contributed by atoms with van der Waals surface area (Å²) in [6.45, 7) is 6.33. The molecule has 0 N–H and O–H groups in total. The lowest BCUT2D eigenvalue weighted by molar-refractivity contribution is -0.132. The SMILES string of the molecule is CCC(C)N(CC(=O)N1CCN(c2ccc(-c3ccc(OC)cc3OC)nn2)CC1)C(=O)c1cccc(OC)c1. The minimum atomic E-state index is -0.177. The van der Waals surface area contributed by atoms with Gasteiger partial charge in [-0.1, -0.05) is 13.0 Å². The first-order chi connectivity index (χ1) is 19.4. The molecule has 10 nitrogen and oxygen atoms in total. The molecular formula is C30H37N5O5. The normalized spacial score (nSPS) is 13.9. The number of aromatic nitrogens is 2. The number of hydrogen-bond donors (Lipinski definition) is 0. The quantitative estimate of drug-likeness (QED) is 0.379. The molecule has 212 valence electrons. The van der Waals surface area contributed by atoms with Crippen LogP contribution in [0.25, 0.3) is 11.3 Å². The summed E-state index contributed by atoms with van der Waals surface area (Å²) in [4.78, 5) is 32.2. The number of carbonyl (C=O) groups excluding carboxylic acids is 2. The van der Waals surface area contributed by atoms with Crippen LogP contribution in [0.2, 0.25) is 0 Å². The van der Waals surface area contributed by atoms with E-state index in [1.165, 1.54) is 0 Å². The van der Waals surface area contributed by atoms with Crippen LogP contribution in [0.1, 0.15) is 30.6 Å². The van der Waals surface area contributed by atoms with Crippen molar-refractivity contribution >= 4 is 17.6 Å². The molecule has 0 bridgehead atoms. The molecule has 2 amide bonds. The van der Waals surface area contributed by atoms with Crippen LogP contribution in [-0.2, 0) is 4.79 Å². The molecule has 10 heteroatoms. The fourth-order valence-corrected chi connectivity index (χ4v) is 4.65. The Morgan fingerprint density at radius 3 is 2.25 bits per heavy atom. The van der Waals surface area contributed by atoms with Gasteiger partial charge in [-0.2, -0.15) is 0 Å². The van der Waals surface area contributed by atoms with Gasteiger partial charge in [-0.25, -0.2) is 0 Å². The molecule has 40 heavy (non-hydrogen) atoms. The Labute approximate surface area is 235 Å². The van der Waals surface area contributed by atoms with Crippen LogP contribution >= 0.6 is 0 Å². The van der Waals surface area contributed by atoms with E-state index in [9.17, 15) is 9.59 Å². The summed E-state index contributed by atoms with van der Waals surface area (Å²) in [6, 6.07) is 16.4. The fourth-order valence-electron chi connectivity index (χ4n) is 4.65. The Bertz CT molecular complexity index is 1310. The zero-order valence-electron chi connectivity index (χ0n) is 23.8. The maximum atomic E-state index is 13.3. The average Bonchev–Trinajstić information content (AvgIpc) is 3.02. The van der Waals surface area contributed by atoms with Gasteiger partial charge in [0.2, 0.25) is 5.91 Å². The second-order valence-electron chi connectivity index (χ2n) is 9.63. The van der Waals surface area contributed by atoms with Gasteiger partial charge in [-0.3, -0.25) is 9.59 Å². The first kappa shape index (κ1) is 28.7. The van der Waals surface area contributed by atoms with Gasteiger partial charge in [0.25, 0.3) is 5.91 Å². The van der Waals surface area contributed by atoms with Gasteiger partial charge in [0, 0.05) is 49.4 Å². The van der Waals surface area contributed by atoms with Crippen molar-refractivity contribution in [1.82, 2.24) is 20.0 Å². The molecule has 1 unspecified atom stereocenters. The second kappa shape index (κ2) is 13.1. The van der Waals surface area contributed by atoms with Crippen LogP contribution in [0.15, 0.2) is 54.6 Å². The Hall–Kier alpha value is -4.34. The van der Waals surface area contributed by atoms with Crippen LogP contribution in [0, 0.1) is 0 Å². The molecule has 4 rings (SSSR count). The first-order valence-electron chi connectivity index (χ1n) is 13.4. The van der Waals surface area contributed by atoms with Gasteiger partial charge in [0.05, 0.1) is 27.0 Å². The van der Waals surface area contributed by atoms with E-state index in [1.54, 1.807) is 50.5 Å². The molecule has 1 saturated heterocycles. The zero-order chi connectivity index (χ0) is 28.6. The summed E-state index contributed by atoms with van der Waals surface area (Å²) in [5.74, 6) is 2.47. The summed E-state index contributed by atoms with van der Waals surface area (Å²) < 4.78 is 16.0. The van der Waals surface area contributed by atoms with E-state index < -0.39 is 0 Å². The van der Waals surface area contributed by atoms with Crippen LogP contribution < -0.4 is 19.1 Å². The molecule has 0 radical (unpaired) electrons. The largest absolute Gasteiger partial charge is 0.497 e. The average molecular weight is 548 g/mol. The van der Waals surface area contributed by atoms with Crippen LogP contribution in [0.5, 0.6) is 17.2 Å². The minimum absolute atomic E-state index is 0.0310. The summed E-state index contributed by atoms with van der Waals surface area (Å²) in [5, 5.41) is 8.87. The van der Waals surface area contributed by atoms with E-state index in [2.05, 4.69) is 15.1 Å². The van der Waals surface area contributed by atoms with Crippen molar-refractivity contribution in [3.63, 3.8) is 0 Å². The van der Waals surface area contributed by atoms with Crippen molar-refractivity contribution in [3.05, 3.63) is 60.2 Å². The number of anilines is 1. The van der Waals surface area contributed by atoms with Gasteiger partial charge >= 0.3 is 0 Å². The molecule has 0 saturated carbocycles. The standard InChI is InChI=1S/C30H37N5O5/c1-6-21(2)35(30(37)22-8-7-9-23(18-22)38-3)20-29(36)34-16-14-33(15-17-34)28-13-12-26(31-32-28)25-11-10-24(39-4)19-27(25)40-5/h7-13,18-19,21H,6,14-17,20H2,1-5H3. The van der Waals surface area contributed by atoms with Crippen molar-refractivity contribution < 1.29 is 23.8 Å². The van der Waals surface area contributed by atoms with Gasteiger partial charge < -0.3 is 28.9 Å². The summed E-state index contributed by atoms with van der Waals surface area (Å²) >= 11 is 0. The predicted octanol–water partition coefficient (Wildman–Crippen LogP) is 3.76. The molecule has 1 atom stereocenters. The van der Waals surface area contributed by atoms with Crippen LogP contribution in [-0.4, -0.2) is 91.9 Å². The van der Waals surface area contributed by atoms with E-state index in [4.69, 9.17) is 14.2 Å². The number of amides is 2. The fraction of sp³-hybridized carbons (Fsp3) is 0.400. The molecule has 2 heterocycles. The number of methoxy groups -OCH3 is 3. The molecule has 1 aliphatic heterocycles. The van der Waals surface area contributed by atoms with Crippen molar-refractivity contribution in [3.8, 4) is 28.5 Å². The first-order valence-corrected chi connectivity index (χ1v) is 13.4. The van der Waals surface area contributed by atoms with E-state index in [0.717, 1.165) is 17.8 Å². The van der Waals surface area contributed by atoms with Gasteiger partial charge in [0.1, 0.15) is 23.8 Å². The third-order valence-corrected chi connectivity index (χ3v) is 7.30. The number of benzene rings is 2. The van der Waals surface area contributed by atoms with Crippen molar-refractivity contribution in [2.24, 2.45) is 0 Å². The highest BCUT2D eigenvalue weighted by atomic mass is 16.5. The number of ether oxygens (including phenoxy) is 3. The number of piperazine rings is 1. The van der Waals surface area contributed by atoms with Crippen LogP contribution in [0.4, 0.5) is 5.82 Å². The van der Waals surface area contributed by atoms with Crippen LogP contribution in [0.3, 0.4) is 0 Å². The van der Waals surface area contributed by atoms with E-state index in [1.807, 2.05) is 49.1 Å². The Morgan fingerprint density at radius 2 is 1.62 bits per heavy atom. The Morgan fingerprint density at radius 1 is 0.900 bits per heavy atom. The molecule has 2 aromatic carbocycles. The van der Waals surface area contributed by atoms with Crippen molar-refractivity contribution in [1.29, 1.82) is 0 Å². The van der Waals surface area contributed by atoms with Gasteiger partial charge in [-0.15, -0.1) is 10.2 Å². The molecule has 1 fully saturated rings. The number of carbonyl (C=O) groups is 2. The highest BCUT2D eigenvalue weighted by Gasteiger charge is 2.28. The molecule has 1 aromatic heterocycles. The zero-order valence-corrected chi connectivity index (χ0v) is 23.8. The molecule has 0 spiro atoms. The van der Waals surface area contributed by atoms with E-state index in [0.29, 0.717) is 54.7 Å². The second-order valence-corrected chi connectivity index (χ2v) is 9.63. The van der Waals surface area contributed by atoms with Crippen molar-refractivity contribution in [2.45, 2.75) is 26.3 Å². The maximum absolute atomic E-state index is 13.3. The highest BCUT2D eigenvalue weighted by Crippen LogP contribution is 2.32. The number of nitrogens with zero attached hydrogens (tertiary/aromatic N) is 5. The third kappa shape index (κ3) is 6.44. The molecular weight excluding hydrogens is 510 g/mol. The summed E-state index contributed by atoms with van der Waals surface area (Å²) in [5.41, 5.74) is 2.03. The van der Waals surface area contributed by atoms with Crippen molar-refractivity contribution in [2.75, 3.05) is 59.0 Å². The predicted molar refractivity (Wildman–Crippen MR) is 153 cm³/mol. The van der Waals surface area contributed by atoms with Gasteiger partial charge in [-0.05, 0) is 55.8 Å². The lowest BCUT2D eigenvalue weighted by Gasteiger charge is -2.37. The topological polar surface area (TPSA) is 97.3 Å². The minimum Gasteiger partial charge on any atom is -0.497 e.